The Morgan fingerprint density at radius 2 is 0.810 bits per heavy atom. The molecular weight excluding hydrogens is 759 g/mol. The minimum absolute atomic E-state index is 0.137. The summed E-state index contributed by atoms with van der Waals surface area (Å²) < 4.78 is 0. The van der Waals surface area contributed by atoms with Gasteiger partial charge in [0.15, 0.2) is 0 Å². The van der Waals surface area contributed by atoms with Crippen LogP contribution in [-0.4, -0.2) is 0 Å². The normalized spacial score (nSPS) is 14.4. The fraction of sp³-hybridized carbons (Fsp3) is 0.0645. The van der Waals surface area contributed by atoms with Gasteiger partial charge >= 0.3 is 0 Å². The number of rotatable bonds is 4. The molecule has 10 aromatic carbocycles. The van der Waals surface area contributed by atoms with Crippen LogP contribution in [-0.2, 0) is 10.8 Å². The molecule has 0 saturated heterocycles. The maximum Gasteiger partial charge on any atom is 0.0726 e. The molecule has 0 saturated carbocycles. The van der Waals surface area contributed by atoms with E-state index >= 15 is 0 Å². The lowest BCUT2D eigenvalue weighted by Crippen LogP contribution is -2.26. The molecule has 1 nitrogen and oxygen atoms in total. The fourth-order valence-electron chi connectivity index (χ4n) is 12.3. The lowest BCUT2D eigenvalue weighted by Gasteiger charge is -2.32. The van der Waals surface area contributed by atoms with Crippen molar-refractivity contribution in [3.05, 3.63) is 246 Å². The highest BCUT2D eigenvalue weighted by Crippen LogP contribution is 2.65. The first-order valence-corrected chi connectivity index (χ1v) is 22.3. The van der Waals surface area contributed by atoms with Gasteiger partial charge in [-0.15, -0.1) is 0 Å². The largest absolute Gasteiger partial charge is 0.310 e. The lowest BCUT2D eigenvalue weighted by atomic mass is 9.70. The van der Waals surface area contributed by atoms with E-state index in [0.717, 1.165) is 11.4 Å². The first kappa shape index (κ1) is 34.9. The molecule has 0 atom stereocenters. The van der Waals surface area contributed by atoms with Gasteiger partial charge in [0.05, 0.1) is 11.1 Å². The number of nitrogens with zero attached hydrogens (tertiary/aromatic N) is 1. The molecule has 0 fully saturated rings. The molecule has 1 heteroatoms. The van der Waals surface area contributed by atoms with Crippen LogP contribution in [0.4, 0.5) is 17.1 Å². The Balaban J connectivity index is 0.977. The first-order chi connectivity index (χ1) is 31.0. The van der Waals surface area contributed by atoms with E-state index in [1.54, 1.807) is 0 Å². The summed E-state index contributed by atoms with van der Waals surface area (Å²) in [6.07, 6.45) is 0. The molecule has 0 aliphatic heterocycles. The van der Waals surface area contributed by atoms with E-state index in [-0.39, 0.29) is 5.41 Å². The Morgan fingerprint density at radius 3 is 1.51 bits per heavy atom. The van der Waals surface area contributed by atoms with Crippen molar-refractivity contribution in [2.45, 2.75) is 24.7 Å². The summed E-state index contributed by atoms with van der Waals surface area (Å²) in [5.41, 5.74) is 26.7. The number of benzene rings is 10. The van der Waals surface area contributed by atoms with Crippen molar-refractivity contribution in [2.75, 3.05) is 4.90 Å². The van der Waals surface area contributed by atoms with Crippen molar-refractivity contribution in [3.63, 3.8) is 0 Å². The van der Waals surface area contributed by atoms with Gasteiger partial charge in [-0.25, -0.2) is 0 Å². The molecule has 63 heavy (non-hydrogen) atoms. The number of hydrogen-bond donors (Lipinski definition) is 0. The molecule has 0 N–H and O–H groups in total. The molecule has 0 radical (unpaired) electrons. The molecule has 4 aliphatic rings. The van der Waals surface area contributed by atoms with Crippen LogP contribution in [0.3, 0.4) is 0 Å². The summed E-state index contributed by atoms with van der Waals surface area (Å²) in [5, 5.41) is 2.66. The van der Waals surface area contributed by atoms with Gasteiger partial charge in [-0.1, -0.05) is 190 Å². The van der Waals surface area contributed by atoms with E-state index in [1.807, 2.05) is 0 Å². The van der Waals surface area contributed by atoms with E-state index in [1.165, 1.54) is 117 Å². The highest BCUT2D eigenvalue weighted by atomic mass is 15.1. The molecule has 1 spiro atoms. The van der Waals surface area contributed by atoms with Crippen molar-refractivity contribution in [1.82, 2.24) is 0 Å². The van der Waals surface area contributed by atoms with E-state index in [0.29, 0.717) is 0 Å². The van der Waals surface area contributed by atoms with Crippen LogP contribution in [0.25, 0.3) is 77.5 Å². The van der Waals surface area contributed by atoms with E-state index in [4.69, 9.17) is 0 Å². The summed E-state index contributed by atoms with van der Waals surface area (Å²) in [5.74, 6) is 0. The minimum Gasteiger partial charge on any atom is -0.310 e. The second-order valence-corrected chi connectivity index (χ2v) is 18.3. The van der Waals surface area contributed by atoms with Crippen molar-refractivity contribution in [2.24, 2.45) is 0 Å². The van der Waals surface area contributed by atoms with E-state index < -0.39 is 5.41 Å². The lowest BCUT2D eigenvalue weighted by molar-refractivity contribution is 0.660. The molecule has 294 valence electrons. The zero-order chi connectivity index (χ0) is 41.6. The van der Waals surface area contributed by atoms with Gasteiger partial charge in [-0.3, -0.25) is 0 Å². The summed E-state index contributed by atoms with van der Waals surface area (Å²) >= 11 is 0. The predicted octanol–water partition coefficient (Wildman–Crippen LogP) is 16.3. The van der Waals surface area contributed by atoms with Gasteiger partial charge in [0.1, 0.15) is 0 Å². The van der Waals surface area contributed by atoms with Crippen molar-refractivity contribution >= 4 is 27.8 Å². The van der Waals surface area contributed by atoms with Crippen molar-refractivity contribution < 1.29 is 0 Å². The van der Waals surface area contributed by atoms with Crippen LogP contribution in [0.2, 0.25) is 0 Å². The van der Waals surface area contributed by atoms with Crippen LogP contribution >= 0.6 is 0 Å². The maximum absolute atomic E-state index is 2.53. The predicted molar refractivity (Wildman–Crippen MR) is 262 cm³/mol. The molecule has 0 unspecified atom stereocenters. The quantitative estimate of drug-likeness (QED) is 0.171. The molecule has 14 rings (SSSR count). The highest BCUT2D eigenvalue weighted by molar-refractivity contribution is 6.15. The van der Waals surface area contributed by atoms with Crippen LogP contribution < -0.4 is 4.90 Å². The van der Waals surface area contributed by atoms with Crippen LogP contribution in [0.15, 0.2) is 212 Å². The molecular formula is C62H41N. The summed E-state index contributed by atoms with van der Waals surface area (Å²) in [7, 11) is 0. The van der Waals surface area contributed by atoms with Gasteiger partial charge in [0.25, 0.3) is 0 Å². The Kier molecular flexibility index (Phi) is 6.89. The van der Waals surface area contributed by atoms with Crippen LogP contribution in [0, 0.1) is 0 Å². The molecule has 10 aromatic rings. The standard InChI is InChI=1S/C62H41N/c1-61(2)52-22-7-3-16-44(52)47-35-33-42(37-57(47)61)63(41-31-28-38(29-32-41)40-30-34-43-48-20-11-14-39-15-12-21-49(59(39)48)51(43)36-40)58-27-13-26-56-60(58)50-19-6-10-25-55(50)62(56)53-23-8-4-17-45(53)46-18-5-9-24-54(46)62/h3-37H,1-2H3. The van der Waals surface area contributed by atoms with E-state index in [2.05, 4.69) is 231 Å². The summed E-state index contributed by atoms with van der Waals surface area (Å²) in [4.78, 5) is 2.53. The monoisotopic (exact) mass is 799 g/mol. The second kappa shape index (κ2) is 12.4. The van der Waals surface area contributed by atoms with Crippen LogP contribution in [0.1, 0.15) is 47.2 Å². The molecule has 0 amide bonds. The van der Waals surface area contributed by atoms with Gasteiger partial charge in [-0.05, 0) is 142 Å². The highest BCUT2D eigenvalue weighted by Gasteiger charge is 2.52. The number of fused-ring (bicyclic) bond motifs is 16. The summed E-state index contributed by atoms with van der Waals surface area (Å²) in [6.45, 7) is 4.76. The smallest absolute Gasteiger partial charge is 0.0726 e. The van der Waals surface area contributed by atoms with Crippen molar-refractivity contribution in [3.8, 4) is 66.8 Å². The van der Waals surface area contributed by atoms with Gasteiger partial charge < -0.3 is 4.90 Å². The Labute approximate surface area is 368 Å². The van der Waals surface area contributed by atoms with E-state index in [9.17, 15) is 0 Å². The number of anilines is 3. The van der Waals surface area contributed by atoms with Crippen molar-refractivity contribution in [1.29, 1.82) is 0 Å². The number of hydrogen-bond acceptors (Lipinski definition) is 1. The second-order valence-electron chi connectivity index (χ2n) is 18.3. The SMILES string of the molecule is CC1(C)c2ccccc2-c2ccc(N(c3ccc(-c4ccc5c(c4)-c4cccc6cccc-5c46)cc3)c3cccc4c3-c3ccccc3C43c4ccccc4-c4ccccc43)cc21. The Hall–Kier alpha value is -7.74. The fourth-order valence-corrected chi connectivity index (χ4v) is 12.3. The van der Waals surface area contributed by atoms with Crippen LogP contribution in [0.5, 0.6) is 0 Å². The zero-order valence-electron chi connectivity index (χ0n) is 35.2. The molecule has 0 aromatic heterocycles. The van der Waals surface area contributed by atoms with Gasteiger partial charge in [0, 0.05) is 22.4 Å². The molecule has 0 heterocycles. The molecule has 0 bridgehead atoms. The van der Waals surface area contributed by atoms with Gasteiger partial charge in [-0.2, -0.15) is 0 Å². The average Bonchev–Trinajstić information content (AvgIpc) is 4.01. The first-order valence-electron chi connectivity index (χ1n) is 22.3. The topological polar surface area (TPSA) is 3.24 Å². The molecule has 4 aliphatic carbocycles. The average molecular weight is 800 g/mol. The zero-order valence-corrected chi connectivity index (χ0v) is 35.2. The maximum atomic E-state index is 2.53. The Morgan fingerprint density at radius 1 is 0.317 bits per heavy atom. The Bertz CT molecular complexity index is 3550. The third kappa shape index (κ3) is 4.46. The third-order valence-electron chi connectivity index (χ3n) is 15.0. The minimum atomic E-state index is -0.427. The van der Waals surface area contributed by atoms with Gasteiger partial charge in [0.2, 0.25) is 0 Å². The summed E-state index contributed by atoms with van der Waals surface area (Å²) in [6, 6.07) is 80.2. The third-order valence-corrected chi connectivity index (χ3v) is 15.0.